The molecule has 1 heterocycles. The van der Waals surface area contributed by atoms with E-state index in [4.69, 9.17) is 9.47 Å². The molecular weight excluding hydrogens is 414 g/mol. The van der Waals surface area contributed by atoms with Crippen LogP contribution in [-0.2, 0) is 11.4 Å². The molecule has 9 heteroatoms. The Balaban J connectivity index is 2.11. The molecular formula is C23H25N3O6. The largest absolute Gasteiger partial charge is 0.490 e. The van der Waals surface area contributed by atoms with Crippen molar-refractivity contribution in [1.82, 2.24) is 10.2 Å². The summed E-state index contributed by atoms with van der Waals surface area (Å²) in [5.41, 5.74) is 1.47. The Labute approximate surface area is 185 Å². The zero-order chi connectivity index (χ0) is 23.4. The Kier molecular flexibility index (Phi) is 6.77. The first-order valence-corrected chi connectivity index (χ1v) is 10.1. The SMILES string of the molecule is CCOc1cc([C@@H]2NC(=O)N(C)C(C)=C2C(C)=O)c([N+](=O)[O-])cc1OCc1ccccc1. The maximum absolute atomic E-state index is 12.4. The normalized spacial score (nSPS) is 15.9. The van der Waals surface area contributed by atoms with Crippen LogP contribution in [0.4, 0.5) is 10.5 Å². The number of urea groups is 1. The predicted octanol–water partition coefficient (Wildman–Crippen LogP) is 4.13. The number of amides is 2. The molecule has 0 aromatic heterocycles. The van der Waals surface area contributed by atoms with Gasteiger partial charge in [-0.1, -0.05) is 30.3 Å². The molecule has 0 radical (unpaired) electrons. The first kappa shape index (κ1) is 22.8. The van der Waals surface area contributed by atoms with Crippen molar-refractivity contribution in [3.63, 3.8) is 0 Å². The number of carbonyl (C=O) groups is 2. The fourth-order valence-electron chi connectivity index (χ4n) is 3.60. The van der Waals surface area contributed by atoms with Gasteiger partial charge in [0.15, 0.2) is 17.3 Å². The lowest BCUT2D eigenvalue weighted by Crippen LogP contribution is -2.45. The second kappa shape index (κ2) is 9.51. The Bertz CT molecular complexity index is 1080. The first-order chi connectivity index (χ1) is 15.2. The summed E-state index contributed by atoms with van der Waals surface area (Å²) in [5.74, 6) is 0.198. The van der Waals surface area contributed by atoms with E-state index in [1.807, 2.05) is 30.3 Å². The smallest absolute Gasteiger partial charge is 0.322 e. The molecule has 1 N–H and O–H groups in total. The molecule has 0 bridgehead atoms. The molecule has 0 aliphatic carbocycles. The second-order valence-electron chi connectivity index (χ2n) is 7.32. The van der Waals surface area contributed by atoms with Gasteiger partial charge in [-0.25, -0.2) is 4.79 Å². The van der Waals surface area contributed by atoms with E-state index in [1.165, 1.54) is 31.0 Å². The van der Waals surface area contributed by atoms with Crippen LogP contribution in [0.25, 0.3) is 0 Å². The molecule has 0 unspecified atom stereocenters. The van der Waals surface area contributed by atoms with Crippen LogP contribution in [-0.4, -0.2) is 35.3 Å². The Morgan fingerprint density at radius 2 is 1.84 bits per heavy atom. The summed E-state index contributed by atoms with van der Waals surface area (Å²) < 4.78 is 11.5. The number of allylic oxidation sites excluding steroid dienone is 1. The molecule has 2 amide bonds. The lowest BCUT2D eigenvalue weighted by Gasteiger charge is -2.33. The number of nitro benzene ring substituents is 1. The Hall–Kier alpha value is -3.88. The molecule has 3 rings (SSSR count). The zero-order valence-corrected chi connectivity index (χ0v) is 18.4. The highest BCUT2D eigenvalue weighted by Gasteiger charge is 2.37. The van der Waals surface area contributed by atoms with E-state index in [-0.39, 0.29) is 40.7 Å². The van der Waals surface area contributed by atoms with Gasteiger partial charge in [0.05, 0.1) is 29.2 Å². The highest BCUT2D eigenvalue weighted by atomic mass is 16.6. The highest BCUT2D eigenvalue weighted by Crippen LogP contribution is 2.42. The predicted molar refractivity (Wildman–Crippen MR) is 117 cm³/mol. The van der Waals surface area contributed by atoms with Crippen LogP contribution in [0.15, 0.2) is 53.7 Å². The topological polar surface area (TPSA) is 111 Å². The van der Waals surface area contributed by atoms with Gasteiger partial charge in [0, 0.05) is 18.3 Å². The highest BCUT2D eigenvalue weighted by molar-refractivity contribution is 5.98. The van der Waals surface area contributed by atoms with Crippen LogP contribution in [0.1, 0.15) is 37.9 Å². The summed E-state index contributed by atoms with van der Waals surface area (Å²) in [7, 11) is 1.53. The fraction of sp³-hybridized carbons (Fsp3) is 0.304. The average Bonchev–Trinajstić information content (AvgIpc) is 2.76. The molecule has 0 saturated heterocycles. The standard InChI is InChI=1S/C23H25N3O6/c1-5-31-19-11-17(22-21(15(3)27)14(2)25(4)23(28)24-22)18(26(29)30)12-20(19)32-13-16-9-7-6-8-10-16/h6-12,22H,5,13H2,1-4H3,(H,24,28)/t22-/m0/s1. The second-order valence-corrected chi connectivity index (χ2v) is 7.32. The summed E-state index contributed by atoms with van der Waals surface area (Å²) in [6, 6.07) is 10.7. The van der Waals surface area contributed by atoms with Gasteiger partial charge in [-0.3, -0.25) is 14.9 Å². The minimum absolute atomic E-state index is 0.150. The van der Waals surface area contributed by atoms with Crippen molar-refractivity contribution in [1.29, 1.82) is 0 Å². The minimum Gasteiger partial charge on any atom is -0.490 e. The Morgan fingerprint density at radius 3 is 2.44 bits per heavy atom. The number of nitrogens with one attached hydrogen (secondary N) is 1. The van der Waals surface area contributed by atoms with E-state index in [0.29, 0.717) is 12.3 Å². The molecule has 2 aromatic carbocycles. The number of Topliss-reactive ketones (excluding diaryl/α,β-unsaturated/α-hetero) is 1. The lowest BCUT2D eigenvalue weighted by molar-refractivity contribution is -0.385. The van der Waals surface area contributed by atoms with Gasteiger partial charge >= 0.3 is 6.03 Å². The minimum atomic E-state index is -0.987. The number of benzene rings is 2. The summed E-state index contributed by atoms with van der Waals surface area (Å²) in [5, 5.41) is 14.6. The van der Waals surface area contributed by atoms with Crippen molar-refractivity contribution in [3.05, 3.63) is 75.0 Å². The third-order valence-electron chi connectivity index (χ3n) is 5.27. The zero-order valence-electron chi connectivity index (χ0n) is 18.4. The third-order valence-corrected chi connectivity index (χ3v) is 5.27. The van der Waals surface area contributed by atoms with Crippen LogP contribution >= 0.6 is 0 Å². The van der Waals surface area contributed by atoms with E-state index in [0.717, 1.165) is 5.56 Å². The molecule has 2 aromatic rings. The Morgan fingerprint density at radius 1 is 1.19 bits per heavy atom. The molecule has 1 aliphatic rings. The van der Waals surface area contributed by atoms with Crippen molar-refractivity contribution in [3.8, 4) is 11.5 Å². The molecule has 0 spiro atoms. The molecule has 0 saturated carbocycles. The fourth-order valence-corrected chi connectivity index (χ4v) is 3.60. The van der Waals surface area contributed by atoms with Gasteiger partial charge in [0.1, 0.15) is 6.61 Å². The summed E-state index contributed by atoms with van der Waals surface area (Å²) in [4.78, 5) is 37.5. The van der Waals surface area contributed by atoms with E-state index in [2.05, 4.69) is 5.32 Å². The maximum atomic E-state index is 12.4. The van der Waals surface area contributed by atoms with Crippen molar-refractivity contribution >= 4 is 17.5 Å². The molecule has 32 heavy (non-hydrogen) atoms. The summed E-state index contributed by atoms with van der Waals surface area (Å²) in [6.45, 7) is 5.27. The maximum Gasteiger partial charge on any atom is 0.322 e. The van der Waals surface area contributed by atoms with Crippen LogP contribution in [0.5, 0.6) is 11.5 Å². The van der Waals surface area contributed by atoms with Crippen LogP contribution in [0, 0.1) is 10.1 Å². The van der Waals surface area contributed by atoms with Crippen molar-refractivity contribution in [2.24, 2.45) is 0 Å². The van der Waals surface area contributed by atoms with E-state index >= 15 is 0 Å². The van der Waals surface area contributed by atoms with Gasteiger partial charge < -0.3 is 19.7 Å². The van der Waals surface area contributed by atoms with Crippen molar-refractivity contribution in [2.45, 2.75) is 33.4 Å². The van der Waals surface area contributed by atoms with E-state index in [1.54, 1.807) is 13.8 Å². The molecule has 1 atom stereocenters. The van der Waals surface area contributed by atoms with Gasteiger partial charge in [-0.2, -0.15) is 0 Å². The average molecular weight is 439 g/mol. The number of hydrogen-bond acceptors (Lipinski definition) is 6. The monoisotopic (exact) mass is 439 g/mol. The molecule has 168 valence electrons. The number of ether oxygens (including phenoxy) is 2. The number of nitrogens with zero attached hydrogens (tertiary/aromatic N) is 2. The quantitative estimate of drug-likeness (QED) is 0.489. The number of hydrogen-bond donors (Lipinski definition) is 1. The van der Waals surface area contributed by atoms with Gasteiger partial charge in [0.25, 0.3) is 5.69 Å². The van der Waals surface area contributed by atoms with E-state index < -0.39 is 17.0 Å². The number of ketones is 1. The van der Waals surface area contributed by atoms with Gasteiger partial charge in [-0.15, -0.1) is 0 Å². The van der Waals surface area contributed by atoms with Gasteiger partial charge in [0.2, 0.25) is 0 Å². The van der Waals surface area contributed by atoms with E-state index in [9.17, 15) is 19.7 Å². The molecule has 9 nitrogen and oxygen atoms in total. The lowest BCUT2D eigenvalue weighted by atomic mass is 9.91. The van der Waals surface area contributed by atoms with Crippen LogP contribution in [0.2, 0.25) is 0 Å². The van der Waals surface area contributed by atoms with Gasteiger partial charge in [-0.05, 0) is 32.4 Å². The third kappa shape index (κ3) is 4.56. The molecule has 1 aliphatic heterocycles. The number of carbonyl (C=O) groups excluding carboxylic acids is 2. The summed E-state index contributed by atoms with van der Waals surface area (Å²) in [6.07, 6.45) is 0. The molecule has 0 fully saturated rings. The summed E-state index contributed by atoms with van der Waals surface area (Å²) >= 11 is 0. The van der Waals surface area contributed by atoms with Crippen LogP contribution < -0.4 is 14.8 Å². The first-order valence-electron chi connectivity index (χ1n) is 10.1. The van der Waals surface area contributed by atoms with Crippen molar-refractivity contribution < 1.29 is 24.0 Å². The van der Waals surface area contributed by atoms with Crippen molar-refractivity contribution in [2.75, 3.05) is 13.7 Å². The number of nitro groups is 1. The van der Waals surface area contributed by atoms with Crippen LogP contribution in [0.3, 0.4) is 0 Å². The number of rotatable bonds is 8.